The van der Waals surface area contributed by atoms with Crippen molar-refractivity contribution in [3.05, 3.63) is 24.3 Å². The zero-order valence-corrected chi connectivity index (χ0v) is 13.6. The van der Waals surface area contributed by atoms with Crippen molar-refractivity contribution in [2.75, 3.05) is 19.2 Å². The van der Waals surface area contributed by atoms with Gasteiger partial charge < -0.3 is 14.2 Å². The van der Waals surface area contributed by atoms with Crippen LogP contribution in [0.15, 0.2) is 24.3 Å². The molecule has 0 aliphatic carbocycles. The first-order valence-electron chi connectivity index (χ1n) is 6.21. The van der Waals surface area contributed by atoms with E-state index in [-0.39, 0.29) is 11.1 Å². The lowest BCUT2D eigenvalue weighted by atomic mass is 10.2. The van der Waals surface area contributed by atoms with E-state index in [1.165, 1.54) is 13.8 Å². The van der Waals surface area contributed by atoms with Crippen LogP contribution in [-0.4, -0.2) is 50.0 Å². The van der Waals surface area contributed by atoms with Crippen molar-refractivity contribution in [1.82, 2.24) is 0 Å². The summed E-state index contributed by atoms with van der Waals surface area (Å²) < 4.78 is 43.5. The zero-order chi connectivity index (χ0) is 18.2. The highest BCUT2D eigenvalue weighted by Crippen LogP contribution is 2.07. The van der Waals surface area contributed by atoms with Crippen LogP contribution in [-0.2, 0) is 38.7 Å². The van der Waals surface area contributed by atoms with Gasteiger partial charge in [-0.2, -0.15) is 8.42 Å². The first kappa shape index (κ1) is 20.8. The van der Waals surface area contributed by atoms with Crippen LogP contribution >= 0.6 is 0 Å². The van der Waals surface area contributed by atoms with E-state index in [2.05, 4.69) is 17.9 Å². The largest absolute Gasteiger partial charge is 0.461 e. The van der Waals surface area contributed by atoms with E-state index in [4.69, 9.17) is 14.0 Å². The van der Waals surface area contributed by atoms with Gasteiger partial charge in [-0.3, -0.25) is 9.35 Å². The Balaban J connectivity index is 4.80. The lowest BCUT2D eigenvalue weighted by molar-refractivity contribution is -0.157. The molecule has 0 rings (SSSR count). The van der Waals surface area contributed by atoms with Gasteiger partial charge in [0.15, 0.2) is 0 Å². The number of carbonyl (C=O) groups excluding carboxylic acids is 3. The number of hydrogen-bond acceptors (Lipinski definition) is 8. The van der Waals surface area contributed by atoms with Crippen LogP contribution in [0.3, 0.4) is 0 Å². The minimum Gasteiger partial charge on any atom is -0.461 e. The molecule has 0 aliphatic rings. The summed E-state index contributed by atoms with van der Waals surface area (Å²) in [7, 11) is -4.53. The standard InChI is InChI=1S/C13H18O9S/c1-8(2)11(14)20-5-10(6-21-12(15)9(3)4)13(16)22-7-23(17,18)19/h10H,1,3,5-7H2,2,4H3,(H,17,18,19). The van der Waals surface area contributed by atoms with Gasteiger partial charge in [0, 0.05) is 11.1 Å². The van der Waals surface area contributed by atoms with Crippen LogP contribution in [0.4, 0.5) is 0 Å². The second kappa shape index (κ2) is 9.06. The molecule has 0 spiro atoms. The molecule has 0 amide bonds. The third kappa shape index (κ3) is 9.42. The maximum atomic E-state index is 11.7. The van der Waals surface area contributed by atoms with Gasteiger partial charge in [0.2, 0.25) is 5.94 Å². The Kier molecular flexibility index (Phi) is 8.19. The molecule has 1 N–H and O–H groups in total. The monoisotopic (exact) mass is 350 g/mol. The van der Waals surface area contributed by atoms with Crippen molar-refractivity contribution in [1.29, 1.82) is 0 Å². The molecule has 0 aromatic heterocycles. The maximum absolute atomic E-state index is 11.7. The zero-order valence-electron chi connectivity index (χ0n) is 12.7. The van der Waals surface area contributed by atoms with Gasteiger partial charge in [-0.25, -0.2) is 9.59 Å². The number of ether oxygens (including phenoxy) is 3. The smallest absolute Gasteiger partial charge is 0.333 e. The molecule has 0 aliphatic heterocycles. The van der Waals surface area contributed by atoms with Gasteiger partial charge >= 0.3 is 28.0 Å². The van der Waals surface area contributed by atoms with Crippen LogP contribution in [0.2, 0.25) is 0 Å². The van der Waals surface area contributed by atoms with E-state index < -0.39 is 53.1 Å². The summed E-state index contributed by atoms with van der Waals surface area (Å²) in [6.07, 6.45) is 0. The molecule has 23 heavy (non-hydrogen) atoms. The van der Waals surface area contributed by atoms with Crippen molar-refractivity contribution in [2.24, 2.45) is 5.92 Å². The number of rotatable bonds is 9. The van der Waals surface area contributed by atoms with Crippen LogP contribution in [0, 0.1) is 5.92 Å². The Morgan fingerprint density at radius 1 is 0.957 bits per heavy atom. The lowest BCUT2D eigenvalue weighted by Gasteiger charge is -2.16. The molecule has 0 radical (unpaired) electrons. The SMILES string of the molecule is C=C(C)C(=O)OCC(COC(=O)C(=C)C)C(=O)OCS(=O)(=O)O. The molecule has 0 atom stereocenters. The van der Waals surface area contributed by atoms with E-state index in [1.54, 1.807) is 0 Å². The molecular weight excluding hydrogens is 332 g/mol. The summed E-state index contributed by atoms with van der Waals surface area (Å²) in [5, 5.41) is 0. The minimum absolute atomic E-state index is 0.0778. The summed E-state index contributed by atoms with van der Waals surface area (Å²) in [6, 6.07) is 0. The van der Waals surface area contributed by atoms with Crippen LogP contribution in [0.5, 0.6) is 0 Å². The normalized spacial score (nSPS) is 10.8. The van der Waals surface area contributed by atoms with E-state index in [9.17, 15) is 22.8 Å². The average molecular weight is 350 g/mol. The quantitative estimate of drug-likeness (QED) is 0.268. The van der Waals surface area contributed by atoms with Gasteiger partial charge in [-0.05, 0) is 13.8 Å². The molecule has 9 nitrogen and oxygen atoms in total. The summed E-state index contributed by atoms with van der Waals surface area (Å²) in [6.45, 7) is 8.40. The Morgan fingerprint density at radius 3 is 1.65 bits per heavy atom. The third-order valence-electron chi connectivity index (χ3n) is 2.21. The van der Waals surface area contributed by atoms with E-state index >= 15 is 0 Å². The predicted molar refractivity (Wildman–Crippen MR) is 77.5 cm³/mol. The topological polar surface area (TPSA) is 133 Å². The second-order valence-corrected chi connectivity index (χ2v) is 6.02. The molecule has 0 heterocycles. The molecule has 130 valence electrons. The fourth-order valence-electron chi connectivity index (χ4n) is 1.03. The van der Waals surface area contributed by atoms with E-state index in [1.807, 2.05) is 0 Å². The van der Waals surface area contributed by atoms with Gasteiger partial charge in [-0.1, -0.05) is 13.2 Å². The van der Waals surface area contributed by atoms with Crippen LogP contribution < -0.4 is 0 Å². The summed E-state index contributed by atoms with van der Waals surface area (Å²) in [5.41, 5.74) is 0.156. The molecule has 0 bridgehead atoms. The van der Waals surface area contributed by atoms with Gasteiger partial charge in [0.25, 0.3) is 0 Å². The number of carbonyl (C=O) groups is 3. The first-order chi connectivity index (χ1) is 10.4. The average Bonchev–Trinajstić information content (AvgIpc) is 2.42. The van der Waals surface area contributed by atoms with Crippen LogP contribution in [0.25, 0.3) is 0 Å². The highest BCUT2D eigenvalue weighted by Gasteiger charge is 2.26. The third-order valence-corrected chi connectivity index (χ3v) is 2.63. The second-order valence-electron chi connectivity index (χ2n) is 4.62. The van der Waals surface area contributed by atoms with E-state index in [0.717, 1.165) is 0 Å². The molecule has 0 aromatic rings. The fraction of sp³-hybridized carbons (Fsp3) is 0.462. The maximum Gasteiger partial charge on any atom is 0.333 e. The summed E-state index contributed by atoms with van der Waals surface area (Å²) in [4.78, 5) is 34.3. The van der Waals surface area contributed by atoms with Crippen LogP contribution in [0.1, 0.15) is 13.8 Å². The van der Waals surface area contributed by atoms with Gasteiger partial charge in [0.05, 0.1) is 0 Å². The molecule has 0 fully saturated rings. The van der Waals surface area contributed by atoms with Crippen molar-refractivity contribution < 1.29 is 41.6 Å². The fourth-order valence-corrected chi connectivity index (χ4v) is 1.30. The highest BCUT2D eigenvalue weighted by molar-refractivity contribution is 7.85. The molecule has 0 saturated carbocycles. The van der Waals surface area contributed by atoms with E-state index in [0.29, 0.717) is 0 Å². The lowest BCUT2D eigenvalue weighted by Crippen LogP contribution is -2.31. The predicted octanol–water partition coefficient (Wildman–Crippen LogP) is 0.230. The summed E-state index contributed by atoms with van der Waals surface area (Å²) in [5.74, 6) is -5.26. The van der Waals surface area contributed by atoms with Crippen molar-refractivity contribution in [3.8, 4) is 0 Å². The Morgan fingerprint density at radius 2 is 1.35 bits per heavy atom. The first-order valence-corrected chi connectivity index (χ1v) is 7.82. The number of hydrogen-bond donors (Lipinski definition) is 1. The molecule has 0 unspecified atom stereocenters. The Labute approximate surface area is 133 Å². The van der Waals surface area contributed by atoms with Crippen molar-refractivity contribution in [2.45, 2.75) is 13.8 Å². The molecule has 0 saturated heterocycles. The Hall–Kier alpha value is -2.20. The number of esters is 3. The highest BCUT2D eigenvalue weighted by atomic mass is 32.2. The molecular formula is C13H18O9S. The Bertz CT molecular complexity index is 573. The summed E-state index contributed by atoms with van der Waals surface area (Å²) >= 11 is 0. The van der Waals surface area contributed by atoms with Crippen molar-refractivity contribution >= 4 is 28.0 Å². The van der Waals surface area contributed by atoms with Gasteiger partial charge in [-0.15, -0.1) is 0 Å². The molecule has 10 heteroatoms. The minimum atomic E-state index is -4.53. The van der Waals surface area contributed by atoms with Gasteiger partial charge in [0.1, 0.15) is 19.1 Å². The molecule has 0 aromatic carbocycles. The van der Waals surface area contributed by atoms with Crippen molar-refractivity contribution in [3.63, 3.8) is 0 Å².